The standard InChI is InChI=1S/C33H39N3O5/c1-19-14-20(2)16-24(15-19)35-30(37)27-26-10-12-33(41-26)28(27)32(39)36(18-21-8-9-25-22(17-21)11-13-40-25)29(33)31(38)34-23-6-4-3-5-7-23/h8-10,12,14-15,17,23-24,26-29H,3-7,11,13,16,18H2,1-2H3,(H,34,38)(H,35,37). The van der Waals surface area contributed by atoms with Crippen LogP contribution in [0.15, 0.2) is 53.6 Å². The summed E-state index contributed by atoms with van der Waals surface area (Å²) < 4.78 is 12.2. The molecule has 2 N–H and O–H groups in total. The summed E-state index contributed by atoms with van der Waals surface area (Å²) in [6.07, 6.45) is 14.3. The highest BCUT2D eigenvalue weighted by Gasteiger charge is 2.72. The normalized spacial score (nSPS) is 33.7. The lowest BCUT2D eigenvalue weighted by molar-refractivity contribution is -0.142. The molecule has 2 aliphatic carbocycles. The van der Waals surface area contributed by atoms with Crippen molar-refractivity contribution in [3.63, 3.8) is 0 Å². The maximum Gasteiger partial charge on any atom is 0.246 e. The lowest BCUT2D eigenvalue weighted by Crippen LogP contribution is -2.56. The summed E-state index contributed by atoms with van der Waals surface area (Å²) in [5.41, 5.74) is 3.22. The van der Waals surface area contributed by atoms with Gasteiger partial charge in [0.05, 0.1) is 30.6 Å². The van der Waals surface area contributed by atoms with Crippen LogP contribution in [-0.2, 0) is 32.1 Å². The van der Waals surface area contributed by atoms with Crippen molar-refractivity contribution in [2.24, 2.45) is 11.8 Å². The minimum absolute atomic E-state index is 0.0973. The third-order valence-corrected chi connectivity index (χ3v) is 9.79. The van der Waals surface area contributed by atoms with Crippen LogP contribution >= 0.6 is 0 Å². The van der Waals surface area contributed by atoms with E-state index < -0.39 is 29.6 Å². The van der Waals surface area contributed by atoms with Gasteiger partial charge in [-0.25, -0.2) is 0 Å². The molecule has 2 saturated heterocycles. The van der Waals surface area contributed by atoms with Crippen molar-refractivity contribution in [1.29, 1.82) is 0 Å². The highest BCUT2D eigenvalue weighted by Crippen LogP contribution is 2.55. The van der Waals surface area contributed by atoms with Crippen molar-refractivity contribution in [1.82, 2.24) is 15.5 Å². The number of nitrogens with zero attached hydrogens (tertiary/aromatic N) is 1. The molecule has 41 heavy (non-hydrogen) atoms. The summed E-state index contributed by atoms with van der Waals surface area (Å²) in [7, 11) is 0. The molecule has 1 aromatic carbocycles. The first-order valence-corrected chi connectivity index (χ1v) is 15.2. The van der Waals surface area contributed by atoms with Crippen molar-refractivity contribution in [3.05, 3.63) is 64.8 Å². The molecule has 6 atom stereocenters. The van der Waals surface area contributed by atoms with Crippen molar-refractivity contribution in [2.45, 2.75) is 95.2 Å². The molecule has 4 heterocycles. The van der Waals surface area contributed by atoms with E-state index in [1.54, 1.807) is 4.90 Å². The van der Waals surface area contributed by atoms with Gasteiger partial charge in [0.1, 0.15) is 17.4 Å². The molecule has 0 aromatic heterocycles. The molecule has 1 aromatic rings. The van der Waals surface area contributed by atoms with Gasteiger partial charge in [0.2, 0.25) is 17.7 Å². The van der Waals surface area contributed by atoms with E-state index in [0.717, 1.165) is 61.0 Å². The van der Waals surface area contributed by atoms with Crippen LogP contribution in [0.2, 0.25) is 0 Å². The fraction of sp³-hybridized carbons (Fsp3) is 0.545. The second-order valence-electron chi connectivity index (χ2n) is 12.8. The lowest BCUT2D eigenvalue weighted by Gasteiger charge is -2.34. The van der Waals surface area contributed by atoms with Crippen LogP contribution < -0.4 is 15.4 Å². The Bertz CT molecular complexity index is 1370. The molecule has 6 unspecified atom stereocenters. The quantitative estimate of drug-likeness (QED) is 0.522. The zero-order chi connectivity index (χ0) is 28.3. The molecule has 0 radical (unpaired) electrons. The number of amides is 3. The molecule has 2 bridgehead atoms. The Hall–Kier alpha value is -3.39. The second kappa shape index (κ2) is 10.2. The maximum atomic E-state index is 14.3. The molecule has 4 aliphatic heterocycles. The number of likely N-dealkylation sites (tertiary alicyclic amines) is 1. The number of fused-ring (bicyclic) bond motifs is 2. The molecule has 8 nitrogen and oxygen atoms in total. The van der Waals surface area contributed by atoms with E-state index >= 15 is 0 Å². The highest BCUT2D eigenvalue weighted by atomic mass is 16.5. The van der Waals surface area contributed by atoms with E-state index in [1.807, 2.05) is 31.2 Å². The van der Waals surface area contributed by atoms with E-state index in [2.05, 4.69) is 35.8 Å². The van der Waals surface area contributed by atoms with Gasteiger partial charge in [-0.2, -0.15) is 0 Å². The summed E-state index contributed by atoms with van der Waals surface area (Å²) in [4.78, 5) is 43.9. The number of hydrogen-bond acceptors (Lipinski definition) is 5. The van der Waals surface area contributed by atoms with Gasteiger partial charge in [-0.3, -0.25) is 14.4 Å². The Morgan fingerprint density at radius 2 is 1.93 bits per heavy atom. The van der Waals surface area contributed by atoms with E-state index in [1.165, 1.54) is 12.0 Å². The molecule has 3 fully saturated rings. The van der Waals surface area contributed by atoms with Gasteiger partial charge < -0.3 is 25.0 Å². The predicted octanol–water partition coefficient (Wildman–Crippen LogP) is 3.50. The van der Waals surface area contributed by atoms with E-state index in [4.69, 9.17) is 9.47 Å². The minimum Gasteiger partial charge on any atom is -0.493 e. The smallest absolute Gasteiger partial charge is 0.246 e. The number of carbonyl (C=O) groups is 3. The fourth-order valence-corrected chi connectivity index (χ4v) is 8.09. The first-order chi connectivity index (χ1) is 19.8. The predicted molar refractivity (Wildman–Crippen MR) is 153 cm³/mol. The molecule has 3 amide bonds. The van der Waals surface area contributed by atoms with Crippen LogP contribution in [0.3, 0.4) is 0 Å². The maximum absolute atomic E-state index is 14.3. The van der Waals surface area contributed by atoms with E-state index in [9.17, 15) is 14.4 Å². The third-order valence-electron chi connectivity index (χ3n) is 9.79. The number of benzene rings is 1. The van der Waals surface area contributed by atoms with Crippen LogP contribution in [0.25, 0.3) is 0 Å². The zero-order valence-corrected chi connectivity index (χ0v) is 23.9. The zero-order valence-electron chi connectivity index (χ0n) is 23.9. The van der Waals surface area contributed by atoms with Crippen LogP contribution in [-0.4, -0.2) is 59.1 Å². The fourth-order valence-electron chi connectivity index (χ4n) is 8.09. The number of rotatable bonds is 6. The van der Waals surface area contributed by atoms with Gasteiger partial charge in [0.15, 0.2) is 0 Å². The summed E-state index contributed by atoms with van der Waals surface area (Å²) in [6.45, 7) is 5.02. The summed E-state index contributed by atoms with van der Waals surface area (Å²) in [6, 6.07) is 5.11. The largest absolute Gasteiger partial charge is 0.493 e. The molecule has 1 spiro atoms. The van der Waals surface area contributed by atoms with Crippen LogP contribution in [0, 0.1) is 11.8 Å². The SMILES string of the molecule is CC1=CC(NC(=O)C2C3C=CC4(O3)C2C(=O)N(Cc2ccc3c(c2)CCO3)C4C(=O)NC2CCCCC2)CC(C)=C1. The molecule has 1 saturated carbocycles. The Labute approximate surface area is 241 Å². The number of ether oxygens (including phenoxy) is 2. The van der Waals surface area contributed by atoms with Gasteiger partial charge in [-0.1, -0.05) is 66.8 Å². The number of allylic oxidation sites excluding steroid dienone is 2. The Kier molecular flexibility index (Phi) is 6.57. The topological polar surface area (TPSA) is 97.0 Å². The van der Waals surface area contributed by atoms with Gasteiger partial charge in [0, 0.05) is 19.0 Å². The van der Waals surface area contributed by atoms with Gasteiger partial charge in [-0.15, -0.1) is 0 Å². The van der Waals surface area contributed by atoms with Crippen molar-refractivity contribution in [2.75, 3.05) is 6.61 Å². The van der Waals surface area contributed by atoms with Crippen LogP contribution in [0.1, 0.15) is 63.5 Å². The van der Waals surface area contributed by atoms with Crippen molar-refractivity contribution >= 4 is 17.7 Å². The molecular formula is C33H39N3O5. The summed E-state index contributed by atoms with van der Waals surface area (Å²) in [5, 5.41) is 6.45. The van der Waals surface area contributed by atoms with Gasteiger partial charge >= 0.3 is 0 Å². The highest BCUT2D eigenvalue weighted by molar-refractivity contribution is 6.00. The Balaban J connectivity index is 1.19. The first-order valence-electron chi connectivity index (χ1n) is 15.2. The van der Waals surface area contributed by atoms with Crippen LogP contribution in [0.4, 0.5) is 0 Å². The van der Waals surface area contributed by atoms with Crippen molar-refractivity contribution < 1.29 is 23.9 Å². The van der Waals surface area contributed by atoms with Crippen molar-refractivity contribution in [3.8, 4) is 5.75 Å². The average molecular weight is 558 g/mol. The van der Waals surface area contributed by atoms with E-state index in [-0.39, 0.29) is 36.3 Å². The first kappa shape index (κ1) is 26.5. The monoisotopic (exact) mass is 557 g/mol. The van der Waals surface area contributed by atoms with Gasteiger partial charge in [0.25, 0.3) is 0 Å². The average Bonchev–Trinajstić information content (AvgIpc) is 3.69. The number of carbonyl (C=O) groups excluding carboxylic acids is 3. The molecule has 6 aliphatic rings. The van der Waals surface area contributed by atoms with Crippen LogP contribution in [0.5, 0.6) is 5.75 Å². The molecular weight excluding hydrogens is 518 g/mol. The Morgan fingerprint density at radius 3 is 2.73 bits per heavy atom. The van der Waals surface area contributed by atoms with Gasteiger partial charge in [-0.05, 0) is 50.3 Å². The Morgan fingerprint density at radius 1 is 1.10 bits per heavy atom. The number of nitrogens with one attached hydrogen (secondary N) is 2. The molecule has 216 valence electrons. The molecule has 8 heteroatoms. The number of hydrogen-bond donors (Lipinski definition) is 2. The molecule has 7 rings (SSSR count). The summed E-state index contributed by atoms with van der Waals surface area (Å²) in [5.74, 6) is -1.12. The van der Waals surface area contributed by atoms with E-state index in [0.29, 0.717) is 6.61 Å². The second-order valence-corrected chi connectivity index (χ2v) is 12.8. The lowest BCUT2D eigenvalue weighted by atomic mass is 9.74. The third kappa shape index (κ3) is 4.51. The minimum atomic E-state index is -1.16. The summed E-state index contributed by atoms with van der Waals surface area (Å²) >= 11 is 0.